The number of pyridine rings is 1. The molecular weight excluding hydrogens is 302 g/mol. The van der Waals surface area contributed by atoms with E-state index in [2.05, 4.69) is 22.1 Å². The van der Waals surface area contributed by atoms with Gasteiger partial charge in [0.25, 0.3) is 5.91 Å². The van der Waals surface area contributed by atoms with Gasteiger partial charge in [-0.25, -0.2) is 0 Å². The van der Waals surface area contributed by atoms with Crippen LogP contribution >= 0.6 is 0 Å². The minimum atomic E-state index is -0.0480. The van der Waals surface area contributed by atoms with E-state index in [1.54, 1.807) is 0 Å². The van der Waals surface area contributed by atoms with Gasteiger partial charge in [-0.3, -0.25) is 14.7 Å². The van der Waals surface area contributed by atoms with Crippen LogP contribution in [0.2, 0.25) is 0 Å². The first-order chi connectivity index (χ1) is 11.6. The van der Waals surface area contributed by atoms with E-state index in [1.165, 1.54) is 0 Å². The minimum Gasteiger partial charge on any atom is -0.379 e. The molecule has 1 fully saturated rings. The smallest absolute Gasteiger partial charge is 0.253 e. The molecule has 1 aliphatic rings. The van der Waals surface area contributed by atoms with Crippen LogP contribution in [0.15, 0.2) is 30.3 Å². The van der Waals surface area contributed by atoms with Gasteiger partial charge < -0.3 is 10.1 Å². The van der Waals surface area contributed by atoms with Crippen molar-refractivity contribution in [1.82, 2.24) is 15.2 Å². The Labute approximate surface area is 143 Å². The van der Waals surface area contributed by atoms with Gasteiger partial charge in [0, 0.05) is 36.8 Å². The molecule has 1 N–H and O–H groups in total. The molecular formula is C19H25N3O2. The monoisotopic (exact) mass is 327 g/mol. The first-order valence-corrected chi connectivity index (χ1v) is 8.61. The normalized spacial score (nSPS) is 16.9. The first-order valence-electron chi connectivity index (χ1n) is 8.61. The number of carbonyl (C=O) groups is 1. The van der Waals surface area contributed by atoms with E-state index < -0.39 is 0 Å². The molecule has 0 radical (unpaired) electrons. The van der Waals surface area contributed by atoms with E-state index in [0.717, 1.165) is 55.9 Å². The Kier molecular flexibility index (Phi) is 5.43. The maximum absolute atomic E-state index is 12.6. The Hall–Kier alpha value is -1.98. The van der Waals surface area contributed by atoms with E-state index >= 15 is 0 Å². The second-order valence-electron chi connectivity index (χ2n) is 6.45. The van der Waals surface area contributed by atoms with Gasteiger partial charge >= 0.3 is 0 Å². The van der Waals surface area contributed by atoms with Crippen molar-refractivity contribution >= 4 is 16.8 Å². The van der Waals surface area contributed by atoms with E-state index in [0.29, 0.717) is 5.56 Å². The lowest BCUT2D eigenvalue weighted by Gasteiger charge is -2.27. The van der Waals surface area contributed by atoms with Crippen LogP contribution in [0, 0.1) is 6.92 Å². The predicted octanol–water partition coefficient (Wildman–Crippen LogP) is 2.38. The lowest BCUT2D eigenvalue weighted by Crippen LogP contribution is -2.40. The van der Waals surface area contributed by atoms with Gasteiger partial charge in [-0.05, 0) is 32.4 Å². The number of aromatic nitrogens is 1. The number of carbonyl (C=O) groups excluding carboxylic acids is 1. The Bertz CT molecular complexity index is 711. The number of ether oxygens (including phenoxy) is 1. The number of benzene rings is 1. The molecule has 1 aliphatic heterocycles. The molecule has 0 aliphatic carbocycles. The zero-order chi connectivity index (χ0) is 16.9. The third-order valence-electron chi connectivity index (χ3n) is 4.46. The molecule has 0 bridgehead atoms. The fourth-order valence-electron chi connectivity index (χ4n) is 3.00. The molecule has 2 aromatic rings. The summed E-state index contributed by atoms with van der Waals surface area (Å²) >= 11 is 0. The highest BCUT2D eigenvalue weighted by Crippen LogP contribution is 2.17. The van der Waals surface area contributed by atoms with Crippen molar-refractivity contribution in [3.8, 4) is 0 Å². The molecule has 1 saturated heterocycles. The summed E-state index contributed by atoms with van der Waals surface area (Å²) in [5.41, 5.74) is 2.34. The van der Waals surface area contributed by atoms with E-state index in [-0.39, 0.29) is 11.9 Å². The van der Waals surface area contributed by atoms with Gasteiger partial charge in [0.2, 0.25) is 0 Å². The zero-order valence-electron chi connectivity index (χ0n) is 14.4. The van der Waals surface area contributed by atoms with Gasteiger partial charge in [-0.15, -0.1) is 0 Å². The van der Waals surface area contributed by atoms with E-state index in [4.69, 9.17) is 4.74 Å². The van der Waals surface area contributed by atoms with Crippen molar-refractivity contribution in [3.63, 3.8) is 0 Å². The van der Waals surface area contributed by atoms with Gasteiger partial charge in [0.05, 0.1) is 24.3 Å². The largest absolute Gasteiger partial charge is 0.379 e. The Morgan fingerprint density at radius 1 is 1.29 bits per heavy atom. The summed E-state index contributed by atoms with van der Waals surface area (Å²) in [6.45, 7) is 8.56. The third-order valence-corrected chi connectivity index (χ3v) is 4.46. The number of aryl methyl sites for hydroxylation is 1. The number of nitrogens with zero attached hydrogens (tertiary/aromatic N) is 2. The Morgan fingerprint density at radius 2 is 2.08 bits per heavy atom. The number of nitrogens with one attached hydrogen (secondary N) is 1. The van der Waals surface area contributed by atoms with Crippen molar-refractivity contribution in [3.05, 3.63) is 41.6 Å². The highest BCUT2D eigenvalue weighted by Gasteiger charge is 2.16. The molecule has 1 aromatic heterocycles. The van der Waals surface area contributed by atoms with Crippen LogP contribution in [0.3, 0.4) is 0 Å². The van der Waals surface area contributed by atoms with Gasteiger partial charge in [-0.1, -0.05) is 18.2 Å². The number of morpholine rings is 1. The number of amides is 1. The lowest BCUT2D eigenvalue weighted by molar-refractivity contribution is 0.0363. The molecule has 5 heteroatoms. The van der Waals surface area contributed by atoms with Crippen LogP contribution in [0.5, 0.6) is 0 Å². The van der Waals surface area contributed by atoms with Crippen LogP contribution < -0.4 is 5.32 Å². The number of rotatable bonds is 5. The van der Waals surface area contributed by atoms with Gasteiger partial charge in [0.1, 0.15) is 0 Å². The number of hydrogen-bond donors (Lipinski definition) is 1. The molecule has 0 saturated carbocycles. The Morgan fingerprint density at radius 3 is 2.88 bits per heavy atom. The molecule has 5 nitrogen and oxygen atoms in total. The minimum absolute atomic E-state index is 0.0480. The van der Waals surface area contributed by atoms with Crippen LogP contribution in [-0.2, 0) is 4.74 Å². The van der Waals surface area contributed by atoms with Gasteiger partial charge in [-0.2, -0.15) is 0 Å². The summed E-state index contributed by atoms with van der Waals surface area (Å²) < 4.78 is 5.36. The highest BCUT2D eigenvalue weighted by molar-refractivity contribution is 6.05. The van der Waals surface area contributed by atoms with Crippen molar-refractivity contribution < 1.29 is 9.53 Å². The lowest BCUT2D eigenvalue weighted by atomic mass is 10.1. The summed E-state index contributed by atoms with van der Waals surface area (Å²) in [5, 5.41) is 4.11. The highest BCUT2D eigenvalue weighted by atomic mass is 16.5. The maximum atomic E-state index is 12.6. The average molecular weight is 327 g/mol. The van der Waals surface area contributed by atoms with Crippen molar-refractivity contribution in [1.29, 1.82) is 0 Å². The second-order valence-corrected chi connectivity index (χ2v) is 6.45. The third kappa shape index (κ3) is 4.10. The first kappa shape index (κ1) is 16.9. The van der Waals surface area contributed by atoms with Crippen molar-refractivity contribution in [2.24, 2.45) is 0 Å². The van der Waals surface area contributed by atoms with Crippen LogP contribution in [-0.4, -0.2) is 54.7 Å². The molecule has 24 heavy (non-hydrogen) atoms. The molecule has 1 aromatic carbocycles. The topological polar surface area (TPSA) is 54.5 Å². The Balaban J connectivity index is 1.63. The van der Waals surface area contributed by atoms with Crippen LogP contribution in [0.25, 0.3) is 10.9 Å². The number of para-hydroxylation sites is 1. The standard InChI is InChI=1S/C19H25N3O2/c1-14-6-7-16-4-3-5-17(18(16)20-14)19(23)21-15(2)8-9-22-10-12-24-13-11-22/h3-7,15H,8-13H2,1-2H3,(H,21,23)/t15-/m1/s1. The second kappa shape index (κ2) is 7.73. The summed E-state index contributed by atoms with van der Waals surface area (Å²) in [7, 11) is 0. The fourth-order valence-corrected chi connectivity index (χ4v) is 3.00. The molecule has 3 rings (SSSR count). The molecule has 0 spiro atoms. The number of hydrogen-bond acceptors (Lipinski definition) is 4. The van der Waals surface area contributed by atoms with E-state index in [9.17, 15) is 4.79 Å². The molecule has 128 valence electrons. The van der Waals surface area contributed by atoms with E-state index in [1.807, 2.05) is 37.3 Å². The number of fused-ring (bicyclic) bond motifs is 1. The zero-order valence-corrected chi connectivity index (χ0v) is 14.4. The molecule has 0 unspecified atom stereocenters. The summed E-state index contributed by atoms with van der Waals surface area (Å²) in [6, 6.07) is 9.84. The van der Waals surface area contributed by atoms with Crippen LogP contribution in [0.4, 0.5) is 0 Å². The van der Waals surface area contributed by atoms with Crippen molar-refractivity contribution in [2.75, 3.05) is 32.8 Å². The quantitative estimate of drug-likeness (QED) is 0.916. The summed E-state index contributed by atoms with van der Waals surface area (Å²) in [6.07, 6.45) is 0.933. The summed E-state index contributed by atoms with van der Waals surface area (Å²) in [5.74, 6) is -0.0480. The van der Waals surface area contributed by atoms with Crippen LogP contribution in [0.1, 0.15) is 29.4 Å². The maximum Gasteiger partial charge on any atom is 0.253 e. The van der Waals surface area contributed by atoms with Crippen molar-refractivity contribution in [2.45, 2.75) is 26.3 Å². The predicted molar refractivity (Wildman–Crippen MR) is 95.3 cm³/mol. The average Bonchev–Trinajstić information content (AvgIpc) is 2.60. The molecule has 1 amide bonds. The molecule has 2 heterocycles. The molecule has 1 atom stereocenters. The van der Waals surface area contributed by atoms with Gasteiger partial charge in [0.15, 0.2) is 0 Å². The fraction of sp³-hybridized carbons (Fsp3) is 0.474. The summed E-state index contributed by atoms with van der Waals surface area (Å²) in [4.78, 5) is 19.6. The SMILES string of the molecule is Cc1ccc2cccc(C(=O)N[C@H](C)CCN3CCOCC3)c2n1.